The van der Waals surface area contributed by atoms with E-state index < -0.39 is 23.4 Å². The monoisotopic (exact) mass is 385 g/mol. The fourth-order valence-electron chi connectivity index (χ4n) is 2.65. The van der Waals surface area contributed by atoms with Crippen LogP contribution in [0.4, 0.5) is 16.2 Å². The third-order valence-electron chi connectivity index (χ3n) is 3.86. The smallest absolute Gasteiger partial charge is 0.323 e. The van der Waals surface area contributed by atoms with Gasteiger partial charge in [-0.25, -0.2) is 4.79 Å². The zero-order valence-corrected chi connectivity index (χ0v) is 15.7. The van der Waals surface area contributed by atoms with Crippen LogP contribution in [0.25, 0.3) is 0 Å². The molecule has 0 radical (unpaired) electrons. The second-order valence-electron chi connectivity index (χ2n) is 6.54. The lowest BCUT2D eigenvalue weighted by Gasteiger charge is -2.28. The van der Waals surface area contributed by atoms with E-state index in [0.717, 1.165) is 0 Å². The number of methoxy groups -OCH3 is 1. The summed E-state index contributed by atoms with van der Waals surface area (Å²) in [7, 11) is 1.44. The number of anilines is 2. The molecule has 8 heteroatoms. The van der Waals surface area contributed by atoms with Gasteiger partial charge in [0, 0.05) is 24.0 Å². The molecule has 0 spiro atoms. The van der Waals surface area contributed by atoms with E-state index in [1.807, 2.05) is 18.2 Å². The predicted molar refractivity (Wildman–Crippen MR) is 106 cm³/mol. The number of amides is 3. The molecule has 0 heterocycles. The standard InChI is InChI=1S/C20H23N3O5/c1-20(13-28-2,12-17(24)25)23-18(26)14-8-10-16(11-9-14)22-19(27)21-15-6-4-3-5-7-15/h3-11H,12-13H2,1-2H3,(H,23,26)(H,24,25)(H2,21,22,27). The summed E-state index contributed by atoms with van der Waals surface area (Å²) in [6.07, 6.45) is -0.272. The molecule has 4 N–H and O–H groups in total. The Morgan fingerprint density at radius 2 is 1.54 bits per heavy atom. The molecule has 2 rings (SSSR count). The van der Waals surface area contributed by atoms with Gasteiger partial charge in [0.1, 0.15) is 0 Å². The molecular formula is C20H23N3O5. The van der Waals surface area contributed by atoms with E-state index in [-0.39, 0.29) is 13.0 Å². The molecule has 0 saturated heterocycles. The van der Waals surface area contributed by atoms with Gasteiger partial charge >= 0.3 is 12.0 Å². The van der Waals surface area contributed by atoms with Gasteiger partial charge in [-0.1, -0.05) is 18.2 Å². The average Bonchev–Trinajstić information content (AvgIpc) is 2.62. The van der Waals surface area contributed by atoms with E-state index in [1.54, 1.807) is 43.3 Å². The molecule has 3 amide bonds. The molecule has 8 nitrogen and oxygen atoms in total. The van der Waals surface area contributed by atoms with Crippen LogP contribution >= 0.6 is 0 Å². The molecule has 2 aromatic rings. The number of aliphatic carboxylic acids is 1. The minimum Gasteiger partial charge on any atom is -0.481 e. The van der Waals surface area contributed by atoms with Crippen molar-refractivity contribution in [3.8, 4) is 0 Å². The first-order valence-electron chi connectivity index (χ1n) is 8.58. The molecule has 0 aromatic heterocycles. The van der Waals surface area contributed by atoms with Crippen LogP contribution in [0, 0.1) is 0 Å². The van der Waals surface area contributed by atoms with Crippen LogP contribution in [0.3, 0.4) is 0 Å². The maximum absolute atomic E-state index is 12.4. The van der Waals surface area contributed by atoms with Crippen LogP contribution in [0.1, 0.15) is 23.7 Å². The van der Waals surface area contributed by atoms with E-state index in [4.69, 9.17) is 9.84 Å². The number of carboxylic acid groups (broad SMARTS) is 1. The van der Waals surface area contributed by atoms with Crippen molar-refractivity contribution in [2.24, 2.45) is 0 Å². The van der Waals surface area contributed by atoms with Gasteiger partial charge in [0.15, 0.2) is 0 Å². The number of ether oxygens (including phenoxy) is 1. The normalized spacial score (nSPS) is 12.5. The second kappa shape index (κ2) is 9.52. The van der Waals surface area contributed by atoms with Gasteiger partial charge in [0.2, 0.25) is 0 Å². The van der Waals surface area contributed by atoms with Crippen molar-refractivity contribution in [3.63, 3.8) is 0 Å². The maximum Gasteiger partial charge on any atom is 0.323 e. The van der Waals surface area contributed by atoms with E-state index in [2.05, 4.69) is 16.0 Å². The van der Waals surface area contributed by atoms with Crippen LogP contribution in [0.15, 0.2) is 54.6 Å². The number of carboxylic acids is 1. The maximum atomic E-state index is 12.4. The molecule has 0 bridgehead atoms. The molecule has 0 aliphatic rings. The summed E-state index contributed by atoms with van der Waals surface area (Å²) in [5.74, 6) is -1.47. The Balaban J connectivity index is 1.98. The Morgan fingerprint density at radius 1 is 0.964 bits per heavy atom. The Hall–Kier alpha value is -3.39. The summed E-state index contributed by atoms with van der Waals surface area (Å²) in [6, 6.07) is 14.9. The Labute approximate surface area is 162 Å². The minimum absolute atomic E-state index is 0.0599. The van der Waals surface area contributed by atoms with Crippen LogP contribution < -0.4 is 16.0 Å². The van der Waals surface area contributed by atoms with Crippen molar-refractivity contribution in [1.29, 1.82) is 0 Å². The van der Waals surface area contributed by atoms with E-state index >= 15 is 0 Å². The van der Waals surface area contributed by atoms with E-state index in [1.165, 1.54) is 7.11 Å². The van der Waals surface area contributed by atoms with Crippen molar-refractivity contribution >= 4 is 29.3 Å². The molecule has 1 unspecified atom stereocenters. The molecule has 1 atom stereocenters. The summed E-state index contributed by atoms with van der Waals surface area (Å²) >= 11 is 0. The topological polar surface area (TPSA) is 117 Å². The minimum atomic E-state index is -1.04. The summed E-state index contributed by atoms with van der Waals surface area (Å²) in [4.78, 5) is 35.5. The van der Waals surface area contributed by atoms with Gasteiger partial charge < -0.3 is 25.8 Å². The van der Waals surface area contributed by atoms with Gasteiger partial charge in [-0.05, 0) is 43.3 Å². The average molecular weight is 385 g/mol. The first kappa shape index (κ1) is 20.9. The highest BCUT2D eigenvalue weighted by molar-refractivity contribution is 6.00. The van der Waals surface area contributed by atoms with Gasteiger partial charge in [0.25, 0.3) is 5.91 Å². The highest BCUT2D eigenvalue weighted by Gasteiger charge is 2.29. The number of nitrogens with one attached hydrogen (secondary N) is 3. The molecular weight excluding hydrogens is 362 g/mol. The molecule has 28 heavy (non-hydrogen) atoms. The quantitative estimate of drug-likeness (QED) is 0.557. The largest absolute Gasteiger partial charge is 0.481 e. The lowest BCUT2D eigenvalue weighted by atomic mass is 9.98. The number of rotatable bonds is 8. The third-order valence-corrected chi connectivity index (χ3v) is 3.86. The number of hydrogen-bond acceptors (Lipinski definition) is 4. The SMILES string of the molecule is COCC(C)(CC(=O)O)NC(=O)c1ccc(NC(=O)Nc2ccccc2)cc1. The molecule has 0 aliphatic heterocycles. The molecule has 2 aromatic carbocycles. The number of benzene rings is 2. The number of hydrogen-bond donors (Lipinski definition) is 4. The zero-order chi connectivity index (χ0) is 20.6. The van der Waals surface area contributed by atoms with Crippen molar-refractivity contribution in [1.82, 2.24) is 5.32 Å². The van der Waals surface area contributed by atoms with Crippen molar-refractivity contribution in [3.05, 3.63) is 60.2 Å². The fourth-order valence-corrected chi connectivity index (χ4v) is 2.65. The second-order valence-corrected chi connectivity index (χ2v) is 6.54. The van der Waals surface area contributed by atoms with Crippen LogP contribution in [0.2, 0.25) is 0 Å². The number of urea groups is 1. The Morgan fingerprint density at radius 3 is 2.07 bits per heavy atom. The van der Waals surface area contributed by atoms with E-state index in [9.17, 15) is 14.4 Å². The Bertz CT molecular complexity index is 823. The number of carbonyl (C=O) groups is 3. The lowest BCUT2D eigenvalue weighted by Crippen LogP contribution is -2.50. The third kappa shape index (κ3) is 6.40. The highest BCUT2D eigenvalue weighted by Crippen LogP contribution is 2.15. The summed E-state index contributed by atoms with van der Waals surface area (Å²) < 4.78 is 5.02. The molecule has 0 fully saturated rings. The van der Waals surface area contributed by atoms with Gasteiger partial charge in [0.05, 0.1) is 18.6 Å². The van der Waals surface area contributed by atoms with Crippen LogP contribution in [-0.2, 0) is 9.53 Å². The number of carbonyl (C=O) groups excluding carboxylic acids is 2. The summed E-state index contributed by atoms with van der Waals surface area (Å²) in [5.41, 5.74) is 0.466. The molecule has 148 valence electrons. The van der Waals surface area contributed by atoms with Gasteiger partial charge in [-0.2, -0.15) is 0 Å². The molecule has 0 aliphatic carbocycles. The van der Waals surface area contributed by atoms with Crippen LogP contribution in [-0.4, -0.2) is 42.3 Å². The summed E-state index contributed by atoms with van der Waals surface area (Å²) in [6.45, 7) is 1.66. The van der Waals surface area contributed by atoms with Gasteiger partial charge in [-0.3, -0.25) is 9.59 Å². The fraction of sp³-hybridized carbons (Fsp3) is 0.250. The van der Waals surface area contributed by atoms with Crippen LogP contribution in [0.5, 0.6) is 0 Å². The van der Waals surface area contributed by atoms with Gasteiger partial charge in [-0.15, -0.1) is 0 Å². The Kier molecular flexibility index (Phi) is 7.11. The van der Waals surface area contributed by atoms with Crippen molar-refractivity contribution in [2.75, 3.05) is 24.4 Å². The zero-order valence-electron chi connectivity index (χ0n) is 15.7. The van der Waals surface area contributed by atoms with Crippen molar-refractivity contribution in [2.45, 2.75) is 18.9 Å². The first-order valence-corrected chi connectivity index (χ1v) is 8.58. The first-order chi connectivity index (χ1) is 13.3. The van der Waals surface area contributed by atoms with E-state index in [0.29, 0.717) is 16.9 Å². The van der Waals surface area contributed by atoms with Crippen molar-refractivity contribution < 1.29 is 24.2 Å². The lowest BCUT2D eigenvalue weighted by molar-refractivity contribution is -0.139. The number of para-hydroxylation sites is 1. The molecule has 0 saturated carbocycles. The summed E-state index contributed by atoms with van der Waals surface area (Å²) in [5, 5.41) is 17.1. The highest BCUT2D eigenvalue weighted by atomic mass is 16.5. The predicted octanol–water partition coefficient (Wildman–Crippen LogP) is 2.94.